The largest absolute Gasteiger partial charge is 0.313 e. The number of benzene rings is 1. The van der Waals surface area contributed by atoms with Crippen LogP contribution in [0.5, 0.6) is 0 Å². The van der Waals surface area contributed by atoms with Crippen LogP contribution in [0.15, 0.2) is 30.3 Å². The molecular weight excluding hydrogens is 254 g/mol. The zero-order valence-electron chi connectivity index (χ0n) is 14.2. The SMILES string of the molecule is CCNC(CC1CCCC1)C(CC)(CC)c1ccccc1. The van der Waals surface area contributed by atoms with Crippen molar-refractivity contribution in [2.75, 3.05) is 6.54 Å². The molecule has 0 heterocycles. The molecule has 21 heavy (non-hydrogen) atoms. The fraction of sp³-hybridized carbons (Fsp3) is 0.700. The zero-order chi connectivity index (χ0) is 15.1. The molecule has 0 saturated heterocycles. The van der Waals surface area contributed by atoms with E-state index in [1.165, 1.54) is 50.5 Å². The minimum atomic E-state index is 0.292. The summed E-state index contributed by atoms with van der Waals surface area (Å²) in [7, 11) is 0. The van der Waals surface area contributed by atoms with Gasteiger partial charge in [0.15, 0.2) is 0 Å². The third-order valence-corrected chi connectivity index (χ3v) is 5.77. The van der Waals surface area contributed by atoms with Gasteiger partial charge in [0.2, 0.25) is 0 Å². The minimum Gasteiger partial charge on any atom is -0.313 e. The van der Waals surface area contributed by atoms with E-state index in [1.54, 1.807) is 0 Å². The van der Waals surface area contributed by atoms with Gasteiger partial charge in [-0.1, -0.05) is 76.8 Å². The molecule has 1 fully saturated rings. The van der Waals surface area contributed by atoms with Crippen LogP contribution in [0.1, 0.15) is 71.3 Å². The Balaban J connectivity index is 2.26. The number of hydrogen-bond acceptors (Lipinski definition) is 1. The van der Waals surface area contributed by atoms with Crippen LogP contribution in [-0.2, 0) is 5.41 Å². The minimum absolute atomic E-state index is 0.292. The molecule has 1 nitrogen and oxygen atoms in total. The van der Waals surface area contributed by atoms with Crippen LogP contribution in [0.25, 0.3) is 0 Å². The van der Waals surface area contributed by atoms with Crippen molar-refractivity contribution in [3.05, 3.63) is 35.9 Å². The zero-order valence-corrected chi connectivity index (χ0v) is 14.2. The molecule has 0 bridgehead atoms. The van der Waals surface area contributed by atoms with E-state index in [-0.39, 0.29) is 0 Å². The molecule has 1 N–H and O–H groups in total. The highest BCUT2D eigenvalue weighted by Crippen LogP contribution is 2.40. The molecule has 0 amide bonds. The summed E-state index contributed by atoms with van der Waals surface area (Å²) < 4.78 is 0. The molecular formula is C20H33N. The van der Waals surface area contributed by atoms with E-state index in [4.69, 9.17) is 0 Å². The van der Waals surface area contributed by atoms with E-state index in [0.717, 1.165) is 12.5 Å². The van der Waals surface area contributed by atoms with Crippen LogP contribution in [-0.4, -0.2) is 12.6 Å². The number of rotatable bonds is 8. The van der Waals surface area contributed by atoms with Crippen molar-refractivity contribution >= 4 is 0 Å². The van der Waals surface area contributed by atoms with Crippen molar-refractivity contribution in [3.63, 3.8) is 0 Å². The van der Waals surface area contributed by atoms with Crippen LogP contribution in [0.2, 0.25) is 0 Å². The lowest BCUT2D eigenvalue weighted by Gasteiger charge is -2.42. The Morgan fingerprint density at radius 3 is 2.19 bits per heavy atom. The summed E-state index contributed by atoms with van der Waals surface area (Å²) in [5.41, 5.74) is 1.82. The summed E-state index contributed by atoms with van der Waals surface area (Å²) in [5, 5.41) is 3.85. The topological polar surface area (TPSA) is 12.0 Å². The maximum absolute atomic E-state index is 3.85. The number of hydrogen-bond donors (Lipinski definition) is 1. The first kappa shape index (κ1) is 16.5. The van der Waals surface area contributed by atoms with E-state index in [2.05, 4.69) is 56.4 Å². The molecule has 0 aromatic heterocycles. The monoisotopic (exact) mass is 287 g/mol. The van der Waals surface area contributed by atoms with Crippen LogP contribution in [0, 0.1) is 5.92 Å². The first-order valence-electron chi connectivity index (χ1n) is 9.05. The standard InChI is InChI=1S/C20H33N/c1-4-20(5-2,18-14-8-7-9-15-18)19(21-6-3)16-17-12-10-11-13-17/h7-9,14-15,17,19,21H,4-6,10-13,16H2,1-3H3. The fourth-order valence-electron chi connectivity index (χ4n) is 4.45. The second-order valence-electron chi connectivity index (χ2n) is 6.73. The van der Waals surface area contributed by atoms with Gasteiger partial charge in [0.05, 0.1) is 0 Å². The number of likely N-dealkylation sites (N-methyl/N-ethyl adjacent to an activating group) is 1. The summed E-state index contributed by atoms with van der Waals surface area (Å²) in [6.45, 7) is 8.07. The Kier molecular flexibility index (Phi) is 6.29. The molecule has 1 saturated carbocycles. The third-order valence-electron chi connectivity index (χ3n) is 5.77. The van der Waals surface area contributed by atoms with Crippen molar-refractivity contribution < 1.29 is 0 Å². The Morgan fingerprint density at radius 2 is 1.67 bits per heavy atom. The van der Waals surface area contributed by atoms with Crippen molar-refractivity contribution in [1.29, 1.82) is 0 Å². The van der Waals surface area contributed by atoms with Crippen LogP contribution in [0.3, 0.4) is 0 Å². The molecule has 2 rings (SSSR count). The van der Waals surface area contributed by atoms with Gasteiger partial charge in [0.1, 0.15) is 0 Å². The highest BCUT2D eigenvalue weighted by molar-refractivity contribution is 5.28. The van der Waals surface area contributed by atoms with Crippen LogP contribution >= 0.6 is 0 Å². The lowest BCUT2D eigenvalue weighted by Crippen LogP contribution is -2.49. The predicted molar refractivity (Wildman–Crippen MR) is 92.7 cm³/mol. The molecule has 0 aliphatic heterocycles. The van der Waals surface area contributed by atoms with E-state index < -0.39 is 0 Å². The van der Waals surface area contributed by atoms with E-state index >= 15 is 0 Å². The average molecular weight is 287 g/mol. The van der Waals surface area contributed by atoms with Crippen molar-refractivity contribution in [3.8, 4) is 0 Å². The lowest BCUT2D eigenvalue weighted by molar-refractivity contribution is 0.233. The van der Waals surface area contributed by atoms with Crippen LogP contribution < -0.4 is 5.32 Å². The van der Waals surface area contributed by atoms with E-state index in [9.17, 15) is 0 Å². The van der Waals surface area contributed by atoms with Gasteiger partial charge in [-0.2, -0.15) is 0 Å². The van der Waals surface area contributed by atoms with Crippen molar-refractivity contribution in [2.45, 2.75) is 77.2 Å². The smallest absolute Gasteiger partial charge is 0.0166 e. The van der Waals surface area contributed by atoms with Gasteiger partial charge >= 0.3 is 0 Å². The molecule has 1 heteroatoms. The van der Waals surface area contributed by atoms with Gasteiger partial charge in [-0.25, -0.2) is 0 Å². The quantitative estimate of drug-likeness (QED) is 0.684. The molecule has 0 radical (unpaired) electrons. The van der Waals surface area contributed by atoms with Gasteiger partial charge in [-0.15, -0.1) is 0 Å². The highest BCUT2D eigenvalue weighted by Gasteiger charge is 2.38. The summed E-state index contributed by atoms with van der Waals surface area (Å²) in [6.07, 6.45) is 9.57. The van der Waals surface area contributed by atoms with Crippen molar-refractivity contribution in [1.82, 2.24) is 5.32 Å². The first-order valence-corrected chi connectivity index (χ1v) is 9.05. The fourth-order valence-corrected chi connectivity index (χ4v) is 4.45. The highest BCUT2D eigenvalue weighted by atomic mass is 14.9. The number of nitrogens with one attached hydrogen (secondary N) is 1. The average Bonchev–Trinajstić information content (AvgIpc) is 3.03. The summed E-state index contributed by atoms with van der Waals surface area (Å²) in [4.78, 5) is 0. The maximum atomic E-state index is 3.85. The van der Waals surface area contributed by atoms with Gasteiger partial charge in [-0.05, 0) is 37.3 Å². The molecule has 1 aromatic carbocycles. The van der Waals surface area contributed by atoms with Crippen molar-refractivity contribution in [2.24, 2.45) is 5.92 Å². The van der Waals surface area contributed by atoms with Gasteiger partial charge in [-0.3, -0.25) is 0 Å². The lowest BCUT2D eigenvalue weighted by atomic mass is 9.67. The molecule has 1 atom stereocenters. The van der Waals surface area contributed by atoms with E-state index in [1.807, 2.05) is 0 Å². The molecule has 118 valence electrons. The van der Waals surface area contributed by atoms with Gasteiger partial charge in [0, 0.05) is 11.5 Å². The Morgan fingerprint density at radius 1 is 1.05 bits per heavy atom. The Bertz CT molecular complexity index is 388. The molecule has 1 aromatic rings. The first-order chi connectivity index (χ1) is 10.3. The molecule has 0 spiro atoms. The maximum Gasteiger partial charge on any atom is 0.0166 e. The van der Waals surface area contributed by atoms with Crippen LogP contribution in [0.4, 0.5) is 0 Å². The molecule has 1 aliphatic carbocycles. The Hall–Kier alpha value is -0.820. The molecule has 1 aliphatic rings. The van der Waals surface area contributed by atoms with E-state index in [0.29, 0.717) is 11.5 Å². The third kappa shape index (κ3) is 3.69. The Labute approximate surface area is 131 Å². The normalized spacial score (nSPS) is 18.0. The van der Waals surface area contributed by atoms with Gasteiger partial charge < -0.3 is 5.32 Å². The summed E-state index contributed by atoms with van der Waals surface area (Å²) in [6, 6.07) is 11.8. The second kappa shape index (κ2) is 7.98. The predicted octanol–water partition coefficient (Wildman–Crippen LogP) is 5.30. The second-order valence-corrected chi connectivity index (χ2v) is 6.73. The van der Waals surface area contributed by atoms with Gasteiger partial charge in [0.25, 0.3) is 0 Å². The summed E-state index contributed by atoms with van der Waals surface area (Å²) in [5.74, 6) is 0.940. The molecule has 1 unspecified atom stereocenters. The summed E-state index contributed by atoms with van der Waals surface area (Å²) >= 11 is 0.